The van der Waals surface area contributed by atoms with Crippen LogP contribution in [-0.2, 0) is 28.7 Å². The van der Waals surface area contributed by atoms with Gasteiger partial charge in [0.2, 0.25) is 17.7 Å². The Balaban J connectivity index is 2.55. The normalized spacial score (nSPS) is 29.6. The lowest BCUT2D eigenvalue weighted by molar-refractivity contribution is -0.153. The topological polar surface area (TPSA) is 143 Å². The van der Waals surface area contributed by atoms with Crippen molar-refractivity contribution in [3.8, 4) is 0 Å². The number of nitrogens with one attached hydrogen (secondary N) is 4. The smallest absolute Gasteiger partial charge is 0.329 e. The van der Waals surface area contributed by atoms with Crippen LogP contribution in [0.3, 0.4) is 0 Å². The molecule has 0 aromatic carbocycles. The third-order valence-electron chi connectivity index (χ3n) is 5.59. The van der Waals surface area contributed by atoms with Gasteiger partial charge in [-0.25, -0.2) is 4.79 Å². The Kier molecular flexibility index (Phi) is 11.8. The van der Waals surface area contributed by atoms with Crippen molar-refractivity contribution in [3.63, 3.8) is 0 Å². The van der Waals surface area contributed by atoms with Gasteiger partial charge in [0.25, 0.3) is 5.91 Å². The summed E-state index contributed by atoms with van der Waals surface area (Å²) < 4.78 is 5.65. The molecule has 0 saturated carbocycles. The van der Waals surface area contributed by atoms with E-state index in [1.807, 2.05) is 6.08 Å². The van der Waals surface area contributed by atoms with Crippen molar-refractivity contribution in [2.45, 2.75) is 71.7 Å². The Morgan fingerprint density at radius 3 is 2.28 bits per heavy atom. The minimum absolute atomic E-state index is 0.0445. The monoisotopic (exact) mass is 540 g/mol. The average Bonchev–Trinajstić information content (AvgIpc) is 2.81. The second kappa shape index (κ2) is 14.3. The molecule has 2 aliphatic rings. The molecule has 2 aliphatic heterocycles. The molecule has 2 heterocycles. The Morgan fingerprint density at radius 1 is 0.944 bits per heavy atom. The molecule has 1 fully saturated rings. The van der Waals surface area contributed by atoms with Crippen LogP contribution in [0.4, 0.5) is 0 Å². The second-order valence-corrected chi connectivity index (χ2v) is 11.9. The number of carbonyl (C=O) groups is 5. The molecule has 0 radical (unpaired) electrons. The van der Waals surface area contributed by atoms with Crippen LogP contribution < -0.4 is 21.3 Å². The van der Waals surface area contributed by atoms with Crippen molar-refractivity contribution < 1.29 is 28.7 Å². The first-order chi connectivity index (χ1) is 17.0. The van der Waals surface area contributed by atoms with E-state index >= 15 is 0 Å². The number of hydrogen-bond donors (Lipinski definition) is 4. The standard InChI is InChI=1S/C24H36N4O6S2/c1-6-16-21(30)28-20(14(4)5)24(33)34-15-9-7-8-10-35-36-12-17(22(31)25-16)26-23(32)19(13(2)3)27-18(29)11-15/h6-7,9,13-15,17,19-20H,8,10-12H2,1-5H3,(H,25,31)(H,26,32)(H,27,29)(H,28,30)/b9-7+,16-6-/t15-,17-,19+,20+/m1/s1. The van der Waals surface area contributed by atoms with Crippen molar-refractivity contribution in [2.75, 3.05) is 11.5 Å². The molecule has 0 spiro atoms. The molecular weight excluding hydrogens is 504 g/mol. The van der Waals surface area contributed by atoms with Gasteiger partial charge in [0.05, 0.1) is 6.42 Å². The molecule has 0 unspecified atom stereocenters. The second-order valence-electron chi connectivity index (χ2n) is 9.24. The van der Waals surface area contributed by atoms with Gasteiger partial charge in [0.1, 0.15) is 29.9 Å². The summed E-state index contributed by atoms with van der Waals surface area (Å²) in [5, 5.41) is 10.7. The Morgan fingerprint density at radius 2 is 1.64 bits per heavy atom. The van der Waals surface area contributed by atoms with Gasteiger partial charge < -0.3 is 26.0 Å². The van der Waals surface area contributed by atoms with Crippen LogP contribution >= 0.6 is 21.6 Å². The summed E-state index contributed by atoms with van der Waals surface area (Å²) in [7, 11) is 2.95. The molecule has 0 aromatic rings. The zero-order valence-electron chi connectivity index (χ0n) is 21.3. The molecule has 4 N–H and O–H groups in total. The highest BCUT2D eigenvalue weighted by Gasteiger charge is 2.33. The van der Waals surface area contributed by atoms with Crippen molar-refractivity contribution in [2.24, 2.45) is 11.8 Å². The third-order valence-corrected chi connectivity index (χ3v) is 8.03. The largest absolute Gasteiger partial charge is 0.456 e. The maximum atomic E-state index is 13.2. The molecule has 2 bridgehead atoms. The third kappa shape index (κ3) is 8.88. The number of ether oxygens (including phenoxy) is 1. The van der Waals surface area contributed by atoms with Crippen LogP contribution in [0.15, 0.2) is 23.9 Å². The van der Waals surface area contributed by atoms with Gasteiger partial charge in [-0.15, -0.1) is 0 Å². The minimum Gasteiger partial charge on any atom is -0.456 e. The highest BCUT2D eigenvalue weighted by Crippen LogP contribution is 2.24. The highest BCUT2D eigenvalue weighted by atomic mass is 33.1. The van der Waals surface area contributed by atoms with E-state index in [1.165, 1.54) is 27.7 Å². The summed E-state index contributed by atoms with van der Waals surface area (Å²) >= 11 is 0. The van der Waals surface area contributed by atoms with E-state index in [0.29, 0.717) is 12.2 Å². The van der Waals surface area contributed by atoms with E-state index < -0.39 is 53.8 Å². The van der Waals surface area contributed by atoms with E-state index in [4.69, 9.17) is 4.74 Å². The van der Waals surface area contributed by atoms with E-state index in [9.17, 15) is 24.0 Å². The van der Waals surface area contributed by atoms with Crippen LogP contribution in [0.25, 0.3) is 0 Å². The average molecular weight is 541 g/mol. The number of esters is 1. The zero-order valence-corrected chi connectivity index (χ0v) is 22.9. The van der Waals surface area contributed by atoms with Crippen molar-refractivity contribution in [1.82, 2.24) is 21.3 Å². The van der Waals surface area contributed by atoms with Gasteiger partial charge in [-0.05, 0) is 31.3 Å². The molecule has 10 nitrogen and oxygen atoms in total. The van der Waals surface area contributed by atoms with Gasteiger partial charge in [-0.1, -0.05) is 61.4 Å². The predicted octanol–water partition coefficient (Wildman–Crippen LogP) is 1.43. The van der Waals surface area contributed by atoms with Gasteiger partial charge >= 0.3 is 5.97 Å². The summed E-state index contributed by atoms with van der Waals surface area (Å²) in [5.41, 5.74) is -0.0445. The summed E-state index contributed by atoms with van der Waals surface area (Å²) in [6.07, 6.45) is 4.51. The number of amides is 4. The molecular formula is C24H36N4O6S2. The number of hydrogen-bond acceptors (Lipinski definition) is 8. The fourth-order valence-corrected chi connectivity index (χ4v) is 5.66. The molecule has 1 saturated heterocycles. The number of rotatable bonds is 2. The van der Waals surface area contributed by atoms with E-state index in [2.05, 4.69) is 21.3 Å². The van der Waals surface area contributed by atoms with Crippen LogP contribution in [0.2, 0.25) is 0 Å². The van der Waals surface area contributed by atoms with E-state index in [-0.39, 0.29) is 29.7 Å². The molecule has 0 aliphatic carbocycles. The van der Waals surface area contributed by atoms with Gasteiger partial charge in [-0.2, -0.15) is 0 Å². The van der Waals surface area contributed by atoms with Crippen molar-refractivity contribution in [3.05, 3.63) is 23.9 Å². The van der Waals surface area contributed by atoms with Crippen LogP contribution in [-0.4, -0.2) is 65.3 Å². The fourth-order valence-electron chi connectivity index (χ4n) is 3.50. The number of fused-ring (bicyclic) bond motifs is 7. The first-order valence-corrected chi connectivity index (χ1v) is 14.5. The Hall–Kier alpha value is -2.47. The molecule has 36 heavy (non-hydrogen) atoms. The maximum absolute atomic E-state index is 13.2. The van der Waals surface area contributed by atoms with Gasteiger partial charge in [0, 0.05) is 11.5 Å². The molecule has 4 amide bonds. The van der Waals surface area contributed by atoms with Gasteiger partial charge in [-0.3, -0.25) is 19.2 Å². The maximum Gasteiger partial charge on any atom is 0.329 e. The summed E-state index contributed by atoms with van der Waals surface area (Å²) in [6, 6.07) is -2.86. The summed E-state index contributed by atoms with van der Waals surface area (Å²) in [5.74, 6) is -2.54. The lowest BCUT2D eigenvalue weighted by atomic mass is 10.0. The Bertz CT molecular complexity index is 905. The highest BCUT2D eigenvalue weighted by molar-refractivity contribution is 8.76. The van der Waals surface area contributed by atoms with Crippen LogP contribution in [0, 0.1) is 11.8 Å². The summed E-state index contributed by atoms with van der Waals surface area (Å²) in [4.78, 5) is 65.2. The predicted molar refractivity (Wildman–Crippen MR) is 141 cm³/mol. The quantitative estimate of drug-likeness (QED) is 0.178. The zero-order chi connectivity index (χ0) is 26.8. The fraction of sp³-hybridized carbons (Fsp3) is 0.625. The molecule has 2 rings (SSSR count). The lowest BCUT2D eigenvalue weighted by Gasteiger charge is -2.27. The minimum atomic E-state index is -1.00. The van der Waals surface area contributed by atoms with E-state index in [0.717, 1.165) is 0 Å². The van der Waals surface area contributed by atoms with Crippen LogP contribution in [0.5, 0.6) is 0 Å². The lowest BCUT2D eigenvalue weighted by Crippen LogP contribution is -2.57. The number of carbonyl (C=O) groups excluding carboxylic acids is 5. The SMILES string of the molecule is C/C=C1\NC(=O)[C@H]2CSSCC/C=C/[C@H](CC(=O)N[C@@H](C(C)C)C(=O)N2)OC(=O)[C@H](C(C)C)NC1=O. The number of allylic oxidation sites excluding steroid dienone is 2. The van der Waals surface area contributed by atoms with Gasteiger partial charge in [0.15, 0.2) is 0 Å². The first-order valence-electron chi connectivity index (χ1n) is 12.0. The molecule has 200 valence electrons. The first kappa shape index (κ1) is 29.8. The molecule has 12 heteroatoms. The van der Waals surface area contributed by atoms with E-state index in [1.54, 1.807) is 40.7 Å². The van der Waals surface area contributed by atoms with Crippen LogP contribution in [0.1, 0.15) is 47.5 Å². The van der Waals surface area contributed by atoms with Crippen molar-refractivity contribution in [1.29, 1.82) is 0 Å². The molecule has 0 aromatic heterocycles. The molecule has 4 atom stereocenters. The Labute approximate surface area is 220 Å². The summed E-state index contributed by atoms with van der Waals surface area (Å²) in [6.45, 7) is 8.66. The van der Waals surface area contributed by atoms with Crippen molar-refractivity contribution >= 4 is 51.2 Å².